The maximum absolute atomic E-state index is 12.8. The highest BCUT2D eigenvalue weighted by Gasteiger charge is 2.33. The molecular weight excluding hydrogens is 342 g/mol. The lowest BCUT2D eigenvalue weighted by Gasteiger charge is -2.23. The van der Waals surface area contributed by atoms with Crippen LogP contribution in [0.2, 0.25) is 0 Å². The van der Waals surface area contributed by atoms with Crippen LogP contribution in [0.5, 0.6) is 0 Å². The standard InChI is InChI=1S/C20H23N5O2/c1-13-11-18(27-23-13)17-7-4-10-24(17)20(26)21-12-19-22-15-5-2-3-6-16(15)25(19)14-8-9-14/h2-3,5-6,11,14,17H,4,7-10,12H2,1H3,(H,21,26). The van der Waals surface area contributed by atoms with E-state index in [1.54, 1.807) is 0 Å². The van der Waals surface area contributed by atoms with Crippen molar-refractivity contribution in [2.75, 3.05) is 6.54 Å². The summed E-state index contributed by atoms with van der Waals surface area (Å²) in [6, 6.07) is 10.5. The third kappa shape index (κ3) is 2.97. The second-order valence-corrected chi connectivity index (χ2v) is 7.50. The molecule has 1 N–H and O–H groups in total. The number of para-hydroxylation sites is 2. The number of rotatable bonds is 4. The number of nitrogens with one attached hydrogen (secondary N) is 1. The fourth-order valence-electron chi connectivity index (χ4n) is 4.06. The number of carbonyl (C=O) groups is 1. The van der Waals surface area contributed by atoms with Crippen molar-refractivity contribution >= 4 is 17.1 Å². The Kier molecular flexibility index (Phi) is 3.88. The Hall–Kier alpha value is -2.83. The van der Waals surface area contributed by atoms with E-state index in [1.165, 1.54) is 12.8 Å². The number of aryl methyl sites for hydroxylation is 1. The third-order valence-corrected chi connectivity index (χ3v) is 5.47. The fourth-order valence-corrected chi connectivity index (χ4v) is 4.06. The van der Waals surface area contributed by atoms with Crippen LogP contribution in [0.15, 0.2) is 34.9 Å². The van der Waals surface area contributed by atoms with Gasteiger partial charge in [-0.1, -0.05) is 17.3 Å². The van der Waals surface area contributed by atoms with E-state index in [0.29, 0.717) is 12.6 Å². The van der Waals surface area contributed by atoms with Gasteiger partial charge in [-0.25, -0.2) is 9.78 Å². The molecule has 0 radical (unpaired) electrons. The minimum absolute atomic E-state index is 0.0338. The number of aromatic nitrogens is 3. The van der Waals surface area contributed by atoms with Crippen LogP contribution in [0.1, 0.15) is 55.0 Å². The van der Waals surface area contributed by atoms with Crippen molar-refractivity contribution in [3.05, 3.63) is 47.6 Å². The SMILES string of the molecule is Cc1cc(C2CCCN2C(=O)NCc2nc3ccccc3n2C2CC2)on1. The number of nitrogens with zero attached hydrogens (tertiary/aromatic N) is 4. The van der Waals surface area contributed by atoms with E-state index < -0.39 is 0 Å². The molecule has 2 amide bonds. The summed E-state index contributed by atoms with van der Waals surface area (Å²) in [5.74, 6) is 1.70. The molecule has 7 heteroatoms. The molecule has 1 aliphatic heterocycles. The summed E-state index contributed by atoms with van der Waals surface area (Å²) in [5, 5.41) is 7.04. The summed E-state index contributed by atoms with van der Waals surface area (Å²) in [5.41, 5.74) is 2.99. The summed E-state index contributed by atoms with van der Waals surface area (Å²) in [6.45, 7) is 3.06. The number of imidazole rings is 1. The van der Waals surface area contributed by atoms with Gasteiger partial charge < -0.3 is 19.3 Å². The van der Waals surface area contributed by atoms with Gasteiger partial charge in [-0.05, 0) is 44.7 Å². The molecule has 1 atom stereocenters. The van der Waals surface area contributed by atoms with Crippen molar-refractivity contribution in [1.82, 2.24) is 24.9 Å². The Labute approximate surface area is 157 Å². The molecule has 1 aromatic carbocycles. The van der Waals surface area contributed by atoms with E-state index in [2.05, 4.69) is 21.1 Å². The fraction of sp³-hybridized carbons (Fsp3) is 0.450. The topological polar surface area (TPSA) is 76.2 Å². The smallest absolute Gasteiger partial charge is 0.318 e. The van der Waals surface area contributed by atoms with Gasteiger partial charge in [0.2, 0.25) is 0 Å². The highest BCUT2D eigenvalue weighted by Crippen LogP contribution is 2.38. The normalized spacial score (nSPS) is 19.7. The van der Waals surface area contributed by atoms with Crippen LogP contribution in [-0.4, -0.2) is 32.2 Å². The predicted molar refractivity (Wildman–Crippen MR) is 100 cm³/mol. The van der Waals surface area contributed by atoms with Crippen LogP contribution in [0, 0.1) is 6.92 Å². The van der Waals surface area contributed by atoms with Crippen LogP contribution < -0.4 is 5.32 Å². The maximum Gasteiger partial charge on any atom is 0.318 e. The number of benzene rings is 1. The Morgan fingerprint density at radius 1 is 1.30 bits per heavy atom. The van der Waals surface area contributed by atoms with Crippen molar-refractivity contribution in [1.29, 1.82) is 0 Å². The average Bonchev–Trinajstić information content (AvgIpc) is 3.09. The Bertz CT molecular complexity index is 987. The molecule has 0 bridgehead atoms. The first-order valence-electron chi connectivity index (χ1n) is 9.64. The minimum Gasteiger partial charge on any atom is -0.359 e. The summed E-state index contributed by atoms with van der Waals surface area (Å²) >= 11 is 0. The van der Waals surface area contributed by atoms with Crippen molar-refractivity contribution < 1.29 is 9.32 Å². The van der Waals surface area contributed by atoms with Gasteiger partial charge in [0, 0.05) is 18.7 Å². The molecule has 3 heterocycles. The predicted octanol–water partition coefficient (Wildman–Crippen LogP) is 3.71. The van der Waals surface area contributed by atoms with Crippen LogP contribution in [0.25, 0.3) is 11.0 Å². The van der Waals surface area contributed by atoms with Crippen molar-refractivity contribution in [3.8, 4) is 0 Å². The molecule has 1 saturated heterocycles. The van der Waals surface area contributed by atoms with Crippen molar-refractivity contribution in [2.45, 2.75) is 51.2 Å². The van der Waals surface area contributed by atoms with Gasteiger partial charge >= 0.3 is 6.03 Å². The molecule has 1 aliphatic carbocycles. The first kappa shape index (κ1) is 16.4. The highest BCUT2D eigenvalue weighted by molar-refractivity contribution is 5.77. The summed E-state index contributed by atoms with van der Waals surface area (Å²) in [6.07, 6.45) is 4.24. The molecule has 2 aliphatic rings. The second kappa shape index (κ2) is 6.40. The first-order valence-corrected chi connectivity index (χ1v) is 9.64. The molecule has 0 spiro atoms. The number of likely N-dealkylation sites (tertiary alicyclic amines) is 1. The van der Waals surface area contributed by atoms with Crippen molar-refractivity contribution in [3.63, 3.8) is 0 Å². The first-order chi connectivity index (χ1) is 13.2. The molecule has 2 fully saturated rings. The number of hydrogen-bond donors (Lipinski definition) is 1. The lowest BCUT2D eigenvalue weighted by molar-refractivity contribution is 0.181. The van der Waals surface area contributed by atoms with E-state index in [0.717, 1.165) is 47.7 Å². The number of urea groups is 1. The third-order valence-electron chi connectivity index (χ3n) is 5.47. The lowest BCUT2D eigenvalue weighted by Crippen LogP contribution is -2.39. The van der Waals surface area contributed by atoms with Crippen LogP contribution >= 0.6 is 0 Å². The van der Waals surface area contributed by atoms with Gasteiger partial charge in [-0.15, -0.1) is 0 Å². The van der Waals surface area contributed by atoms with Crippen LogP contribution in [0.4, 0.5) is 4.79 Å². The molecule has 5 rings (SSSR count). The van der Waals surface area contributed by atoms with E-state index in [-0.39, 0.29) is 12.1 Å². The van der Waals surface area contributed by atoms with Gasteiger partial charge in [0.05, 0.1) is 29.3 Å². The highest BCUT2D eigenvalue weighted by atomic mass is 16.5. The lowest BCUT2D eigenvalue weighted by atomic mass is 10.1. The minimum atomic E-state index is -0.0686. The quantitative estimate of drug-likeness (QED) is 0.765. The molecule has 3 aromatic rings. The Balaban J connectivity index is 1.33. The van der Waals surface area contributed by atoms with Crippen LogP contribution in [-0.2, 0) is 6.54 Å². The second-order valence-electron chi connectivity index (χ2n) is 7.50. The summed E-state index contributed by atoms with van der Waals surface area (Å²) < 4.78 is 7.69. The van der Waals surface area contributed by atoms with Gasteiger partial charge in [0.25, 0.3) is 0 Å². The summed E-state index contributed by atoms with van der Waals surface area (Å²) in [4.78, 5) is 19.4. The molecule has 2 aromatic heterocycles. The number of amides is 2. The molecule has 140 valence electrons. The Morgan fingerprint density at radius 3 is 2.93 bits per heavy atom. The molecule has 1 unspecified atom stereocenters. The zero-order valence-corrected chi connectivity index (χ0v) is 15.4. The molecular formula is C20H23N5O2. The zero-order chi connectivity index (χ0) is 18.4. The van der Waals surface area contributed by atoms with E-state index in [9.17, 15) is 4.79 Å². The monoisotopic (exact) mass is 365 g/mol. The van der Waals surface area contributed by atoms with E-state index in [1.807, 2.05) is 36.1 Å². The summed E-state index contributed by atoms with van der Waals surface area (Å²) in [7, 11) is 0. The molecule has 7 nitrogen and oxygen atoms in total. The number of carbonyl (C=O) groups excluding carboxylic acids is 1. The number of fused-ring (bicyclic) bond motifs is 1. The van der Waals surface area contributed by atoms with Gasteiger partial charge in [0.15, 0.2) is 5.76 Å². The van der Waals surface area contributed by atoms with Crippen molar-refractivity contribution in [2.24, 2.45) is 0 Å². The average molecular weight is 365 g/mol. The number of hydrogen-bond acceptors (Lipinski definition) is 4. The van der Waals surface area contributed by atoms with E-state index in [4.69, 9.17) is 9.51 Å². The Morgan fingerprint density at radius 2 is 2.15 bits per heavy atom. The van der Waals surface area contributed by atoms with Gasteiger partial charge in [-0.3, -0.25) is 0 Å². The van der Waals surface area contributed by atoms with Gasteiger partial charge in [-0.2, -0.15) is 0 Å². The maximum atomic E-state index is 12.8. The van der Waals surface area contributed by atoms with Gasteiger partial charge in [0.1, 0.15) is 5.82 Å². The largest absolute Gasteiger partial charge is 0.359 e. The molecule has 27 heavy (non-hydrogen) atoms. The van der Waals surface area contributed by atoms with Crippen LogP contribution in [0.3, 0.4) is 0 Å². The zero-order valence-electron chi connectivity index (χ0n) is 15.4. The van der Waals surface area contributed by atoms with E-state index >= 15 is 0 Å². The molecule has 1 saturated carbocycles.